The first-order valence-corrected chi connectivity index (χ1v) is 12.9. The zero-order valence-corrected chi connectivity index (χ0v) is 21.8. The summed E-state index contributed by atoms with van der Waals surface area (Å²) in [5.74, 6) is 0.247. The Kier molecular flexibility index (Phi) is 7.15. The van der Waals surface area contributed by atoms with E-state index in [9.17, 15) is 13.9 Å². The number of aliphatic hydroxyl groups excluding tert-OH is 1. The first-order valence-electron chi connectivity index (χ1n) is 12.9. The highest BCUT2D eigenvalue weighted by Crippen LogP contribution is 2.47. The fourth-order valence-corrected chi connectivity index (χ4v) is 5.40. The lowest BCUT2D eigenvalue weighted by molar-refractivity contribution is 0.364. The van der Waals surface area contributed by atoms with E-state index in [0.29, 0.717) is 59.5 Å². The largest absolute Gasteiger partial charge is 0.494 e. The minimum absolute atomic E-state index is 0.00867. The summed E-state index contributed by atoms with van der Waals surface area (Å²) in [5, 5.41) is 11.8. The number of allylic oxidation sites excluding steroid dienone is 3. The molecule has 3 heterocycles. The van der Waals surface area contributed by atoms with Crippen molar-refractivity contribution in [2.24, 2.45) is 5.92 Å². The minimum Gasteiger partial charge on any atom is -0.494 e. The first kappa shape index (κ1) is 25.8. The van der Waals surface area contributed by atoms with E-state index in [4.69, 9.17) is 9.47 Å². The number of para-hydroxylation sites is 1. The van der Waals surface area contributed by atoms with Gasteiger partial charge in [0, 0.05) is 36.5 Å². The lowest BCUT2D eigenvalue weighted by Crippen LogP contribution is -2.31. The van der Waals surface area contributed by atoms with Gasteiger partial charge in [0.1, 0.15) is 28.8 Å². The molecule has 6 nitrogen and oxygen atoms in total. The molecule has 2 fully saturated rings. The second kappa shape index (κ2) is 10.5. The summed E-state index contributed by atoms with van der Waals surface area (Å²) in [6.45, 7) is 9.59. The number of halogens is 2. The fraction of sp³-hybridized carbons (Fsp3) is 0.367. The molecule has 2 aliphatic heterocycles. The summed E-state index contributed by atoms with van der Waals surface area (Å²) in [4.78, 5) is 7.78. The lowest BCUT2D eigenvalue weighted by Gasteiger charge is -2.36. The SMILES string of the molecule is C=C1C=C(CCC2CC2)N(c2c(OC)cccc2OC)C(O)=C1C(=C)N1CCC(c2ncc(F)cc2F)C1. The summed E-state index contributed by atoms with van der Waals surface area (Å²) in [6, 6.07) is 6.36. The molecular formula is C30H33F2N3O3. The van der Waals surface area contributed by atoms with Crippen LogP contribution in [0.25, 0.3) is 0 Å². The molecule has 1 aromatic heterocycles. The summed E-state index contributed by atoms with van der Waals surface area (Å²) >= 11 is 0. The standard InChI is InChI=1S/C30H33F2N3O3/c1-18-14-23(11-10-20-8-9-20)35(29-25(37-3)6-5-7-26(29)38-4)30(36)27(18)19(2)34-13-12-21(17-34)28-24(32)15-22(31)16-33-28/h5-7,14-16,20-21,36H,1-2,8-13,17H2,3-4H3. The molecule has 1 saturated carbocycles. The molecule has 1 atom stereocenters. The van der Waals surface area contributed by atoms with E-state index < -0.39 is 11.6 Å². The van der Waals surface area contributed by atoms with Gasteiger partial charge in [-0.1, -0.05) is 32.1 Å². The highest BCUT2D eigenvalue weighted by Gasteiger charge is 2.35. The number of hydrogen-bond donors (Lipinski definition) is 1. The number of pyridine rings is 1. The average molecular weight is 522 g/mol. The van der Waals surface area contributed by atoms with E-state index in [1.807, 2.05) is 29.2 Å². The number of benzene rings is 1. The third-order valence-corrected chi connectivity index (χ3v) is 7.60. The smallest absolute Gasteiger partial charge is 0.206 e. The van der Waals surface area contributed by atoms with Crippen LogP contribution in [0.3, 0.4) is 0 Å². The maximum Gasteiger partial charge on any atom is 0.206 e. The van der Waals surface area contributed by atoms with Gasteiger partial charge in [-0.3, -0.25) is 9.88 Å². The number of likely N-dealkylation sites (tertiary alicyclic amines) is 1. The molecule has 1 saturated heterocycles. The van der Waals surface area contributed by atoms with E-state index in [-0.39, 0.29) is 17.5 Å². The van der Waals surface area contributed by atoms with Crippen LogP contribution in [0.5, 0.6) is 11.5 Å². The highest BCUT2D eigenvalue weighted by atomic mass is 19.1. The van der Waals surface area contributed by atoms with Crippen LogP contribution in [-0.4, -0.2) is 42.3 Å². The van der Waals surface area contributed by atoms with Gasteiger partial charge in [-0.05, 0) is 49.0 Å². The Hall–Kier alpha value is -3.81. The molecule has 1 unspecified atom stereocenters. The molecule has 0 amide bonds. The van der Waals surface area contributed by atoms with Gasteiger partial charge >= 0.3 is 0 Å². The number of hydrogen-bond acceptors (Lipinski definition) is 6. The van der Waals surface area contributed by atoms with Crippen LogP contribution in [0.4, 0.5) is 14.5 Å². The number of anilines is 1. The molecule has 0 spiro atoms. The van der Waals surface area contributed by atoms with Crippen LogP contribution < -0.4 is 14.4 Å². The molecule has 2 aromatic rings. The van der Waals surface area contributed by atoms with Crippen LogP contribution >= 0.6 is 0 Å². The predicted octanol–water partition coefficient (Wildman–Crippen LogP) is 6.60. The van der Waals surface area contributed by atoms with E-state index in [1.54, 1.807) is 19.1 Å². The minimum atomic E-state index is -0.699. The van der Waals surface area contributed by atoms with Crippen molar-refractivity contribution in [2.45, 2.75) is 38.0 Å². The second-order valence-corrected chi connectivity index (χ2v) is 10.1. The van der Waals surface area contributed by atoms with Gasteiger partial charge in [0.15, 0.2) is 0 Å². The zero-order chi connectivity index (χ0) is 27.0. The molecule has 38 heavy (non-hydrogen) atoms. The van der Waals surface area contributed by atoms with Crippen molar-refractivity contribution in [3.05, 3.63) is 95.4 Å². The second-order valence-electron chi connectivity index (χ2n) is 10.1. The summed E-state index contributed by atoms with van der Waals surface area (Å²) < 4.78 is 39.2. The quantitative estimate of drug-likeness (QED) is 0.401. The third kappa shape index (κ3) is 4.87. The Morgan fingerprint density at radius 3 is 2.50 bits per heavy atom. The molecule has 1 N–H and O–H groups in total. The molecule has 5 rings (SSSR count). The number of aromatic nitrogens is 1. The highest BCUT2D eigenvalue weighted by molar-refractivity contribution is 5.76. The Bertz CT molecular complexity index is 1310. The van der Waals surface area contributed by atoms with Crippen molar-refractivity contribution < 1.29 is 23.4 Å². The zero-order valence-electron chi connectivity index (χ0n) is 21.8. The normalized spacial score (nSPS) is 19.6. The molecule has 8 heteroatoms. The molecule has 200 valence electrons. The Balaban J connectivity index is 1.49. The first-order chi connectivity index (χ1) is 18.3. The van der Waals surface area contributed by atoms with Crippen LogP contribution in [-0.2, 0) is 0 Å². The molecule has 1 aliphatic carbocycles. The topological polar surface area (TPSA) is 58.1 Å². The molecule has 3 aliphatic rings. The van der Waals surface area contributed by atoms with Crippen LogP contribution in [0.1, 0.15) is 43.7 Å². The predicted molar refractivity (Wildman–Crippen MR) is 143 cm³/mol. The number of methoxy groups -OCH3 is 2. The van der Waals surface area contributed by atoms with Crippen molar-refractivity contribution in [3.63, 3.8) is 0 Å². The Morgan fingerprint density at radius 2 is 1.87 bits per heavy atom. The maximum absolute atomic E-state index is 14.4. The molecule has 0 bridgehead atoms. The van der Waals surface area contributed by atoms with E-state index in [0.717, 1.165) is 30.8 Å². The molecule has 1 aromatic carbocycles. The maximum atomic E-state index is 14.4. The Labute approximate surface area is 222 Å². The van der Waals surface area contributed by atoms with Crippen LogP contribution in [0.15, 0.2) is 78.1 Å². The monoisotopic (exact) mass is 521 g/mol. The number of ether oxygens (including phenoxy) is 2. The number of rotatable bonds is 9. The molecule has 0 radical (unpaired) electrons. The molecular weight excluding hydrogens is 488 g/mol. The summed E-state index contributed by atoms with van der Waals surface area (Å²) in [5.41, 5.74) is 3.47. The fourth-order valence-electron chi connectivity index (χ4n) is 5.40. The van der Waals surface area contributed by atoms with Gasteiger partial charge in [0.05, 0.1) is 31.7 Å². The number of aliphatic hydroxyl groups is 1. The van der Waals surface area contributed by atoms with Crippen molar-refractivity contribution >= 4 is 5.69 Å². The number of nitrogens with zero attached hydrogens (tertiary/aromatic N) is 3. The third-order valence-electron chi connectivity index (χ3n) is 7.60. The van der Waals surface area contributed by atoms with E-state index >= 15 is 0 Å². The van der Waals surface area contributed by atoms with Gasteiger partial charge in [-0.25, -0.2) is 8.78 Å². The lowest BCUT2D eigenvalue weighted by atomic mass is 9.96. The summed E-state index contributed by atoms with van der Waals surface area (Å²) in [7, 11) is 3.17. The Morgan fingerprint density at radius 1 is 1.16 bits per heavy atom. The van der Waals surface area contributed by atoms with Gasteiger partial charge in [-0.2, -0.15) is 0 Å². The van der Waals surface area contributed by atoms with Gasteiger partial charge < -0.3 is 19.5 Å². The van der Waals surface area contributed by atoms with Gasteiger partial charge in [0.25, 0.3) is 0 Å². The van der Waals surface area contributed by atoms with Gasteiger partial charge in [0.2, 0.25) is 5.88 Å². The van der Waals surface area contributed by atoms with Crippen LogP contribution in [0, 0.1) is 17.6 Å². The van der Waals surface area contributed by atoms with Crippen molar-refractivity contribution in [1.82, 2.24) is 9.88 Å². The van der Waals surface area contributed by atoms with Crippen molar-refractivity contribution in [3.8, 4) is 11.5 Å². The van der Waals surface area contributed by atoms with Crippen molar-refractivity contribution in [2.75, 3.05) is 32.2 Å². The van der Waals surface area contributed by atoms with Crippen LogP contribution in [0.2, 0.25) is 0 Å². The van der Waals surface area contributed by atoms with Crippen molar-refractivity contribution in [1.29, 1.82) is 0 Å². The van der Waals surface area contributed by atoms with E-state index in [1.165, 1.54) is 12.8 Å². The average Bonchev–Trinajstić information content (AvgIpc) is 3.61. The summed E-state index contributed by atoms with van der Waals surface area (Å²) in [6.07, 6.45) is 7.90. The van der Waals surface area contributed by atoms with E-state index in [2.05, 4.69) is 18.1 Å². The van der Waals surface area contributed by atoms with Gasteiger partial charge in [-0.15, -0.1) is 0 Å².